The number of rotatable bonds is 10. The number of nitro groups is 1. The summed E-state index contributed by atoms with van der Waals surface area (Å²) in [7, 11) is 0. The van der Waals surface area contributed by atoms with E-state index in [4.69, 9.17) is 18.9 Å². The molecular formula is C34H55N5O10. The van der Waals surface area contributed by atoms with Gasteiger partial charge in [0.15, 0.2) is 0 Å². The Morgan fingerprint density at radius 1 is 0.551 bits per heavy atom. The molecule has 0 saturated carbocycles. The van der Waals surface area contributed by atoms with Gasteiger partial charge in [0.2, 0.25) is 0 Å². The molecule has 0 N–H and O–H groups in total. The summed E-state index contributed by atoms with van der Waals surface area (Å²) in [6.45, 7) is 19.3. The Morgan fingerprint density at radius 2 is 0.816 bits per heavy atom. The summed E-state index contributed by atoms with van der Waals surface area (Å²) in [4.78, 5) is 69.7. The molecule has 1 heterocycles. The number of esters is 4. The van der Waals surface area contributed by atoms with Crippen molar-refractivity contribution >= 4 is 29.6 Å². The SMILES string of the molecule is CC(C)(C)OC(=O)CN1CCN(CC(=O)Oc2ccc([N+](=O)[O-])cc2)CCN(CC(=O)OC(C)(C)C)CCN(CC(=O)OC(C)(C)C)CC1. The van der Waals surface area contributed by atoms with Gasteiger partial charge in [0.25, 0.3) is 5.69 Å². The number of hydrogen-bond donors (Lipinski definition) is 0. The molecule has 49 heavy (non-hydrogen) atoms. The fourth-order valence-electron chi connectivity index (χ4n) is 4.86. The molecule has 1 aliphatic rings. The van der Waals surface area contributed by atoms with Crippen molar-refractivity contribution in [2.24, 2.45) is 0 Å². The third-order valence-electron chi connectivity index (χ3n) is 6.88. The van der Waals surface area contributed by atoms with Gasteiger partial charge in [-0.3, -0.25) is 48.9 Å². The van der Waals surface area contributed by atoms with E-state index in [0.717, 1.165) is 0 Å². The number of nitrogens with zero attached hydrogens (tertiary/aromatic N) is 5. The first-order chi connectivity index (χ1) is 22.6. The fraction of sp³-hybridized carbons (Fsp3) is 0.706. The molecule has 15 nitrogen and oxygen atoms in total. The van der Waals surface area contributed by atoms with Crippen molar-refractivity contribution in [3.8, 4) is 5.75 Å². The first-order valence-corrected chi connectivity index (χ1v) is 16.6. The van der Waals surface area contributed by atoms with Gasteiger partial charge < -0.3 is 18.9 Å². The van der Waals surface area contributed by atoms with Crippen LogP contribution in [0.4, 0.5) is 5.69 Å². The third kappa shape index (κ3) is 18.6. The highest BCUT2D eigenvalue weighted by atomic mass is 16.6. The molecule has 1 aliphatic heterocycles. The molecule has 0 bridgehead atoms. The average molecular weight is 694 g/mol. The van der Waals surface area contributed by atoms with Crippen LogP contribution < -0.4 is 4.74 Å². The van der Waals surface area contributed by atoms with Crippen LogP contribution >= 0.6 is 0 Å². The first-order valence-electron chi connectivity index (χ1n) is 16.6. The van der Waals surface area contributed by atoms with Gasteiger partial charge in [-0.15, -0.1) is 0 Å². The number of hydrogen-bond acceptors (Lipinski definition) is 14. The molecule has 0 unspecified atom stereocenters. The summed E-state index contributed by atoms with van der Waals surface area (Å²) >= 11 is 0. The van der Waals surface area contributed by atoms with Crippen molar-refractivity contribution in [2.45, 2.75) is 79.1 Å². The topological polar surface area (TPSA) is 161 Å². The maximum atomic E-state index is 13.0. The van der Waals surface area contributed by atoms with Crippen LogP contribution in [0.3, 0.4) is 0 Å². The molecule has 276 valence electrons. The van der Waals surface area contributed by atoms with E-state index >= 15 is 0 Å². The van der Waals surface area contributed by atoms with Crippen LogP contribution in [-0.4, -0.2) is 144 Å². The van der Waals surface area contributed by atoms with Crippen LogP contribution in [-0.2, 0) is 33.4 Å². The lowest BCUT2D eigenvalue weighted by molar-refractivity contribution is -0.384. The normalized spacial score (nSPS) is 16.9. The lowest BCUT2D eigenvalue weighted by atomic mass is 10.2. The van der Waals surface area contributed by atoms with Crippen molar-refractivity contribution in [3.63, 3.8) is 0 Å². The number of carbonyl (C=O) groups is 4. The molecule has 1 aromatic rings. The summed E-state index contributed by atoms with van der Waals surface area (Å²) in [6.07, 6.45) is 0. The number of carbonyl (C=O) groups excluding carboxylic acids is 4. The standard InChI is InChI=1S/C34H55N5O10/c1-32(2,3)47-29(41)23-36-16-14-35(22-28(40)46-27-12-10-26(11-13-27)39(44)45)15-17-37(24-30(42)48-33(4,5)6)19-21-38(20-18-36)25-31(43)49-34(7,8)9/h10-13H,14-25H2,1-9H3. The molecule has 1 aromatic carbocycles. The van der Waals surface area contributed by atoms with Crippen LogP contribution in [0.5, 0.6) is 5.75 Å². The predicted octanol–water partition coefficient (Wildman–Crippen LogP) is 2.75. The molecule has 0 spiro atoms. The van der Waals surface area contributed by atoms with E-state index in [1.165, 1.54) is 24.3 Å². The zero-order valence-corrected chi connectivity index (χ0v) is 30.6. The summed E-state index contributed by atoms with van der Waals surface area (Å²) in [6, 6.07) is 5.24. The minimum Gasteiger partial charge on any atom is -0.459 e. The first kappa shape index (κ1) is 41.5. The maximum Gasteiger partial charge on any atom is 0.325 e. The van der Waals surface area contributed by atoms with Gasteiger partial charge in [-0.1, -0.05) is 0 Å². The van der Waals surface area contributed by atoms with Crippen LogP contribution in [0.25, 0.3) is 0 Å². The minimum atomic E-state index is -0.669. The Hall–Kier alpha value is -3.66. The summed E-state index contributed by atoms with van der Waals surface area (Å²) in [5, 5.41) is 11.0. The summed E-state index contributed by atoms with van der Waals surface area (Å²) < 4.78 is 22.2. The van der Waals surface area contributed by atoms with E-state index in [1.54, 1.807) is 62.3 Å². The van der Waals surface area contributed by atoms with Gasteiger partial charge in [-0.05, 0) is 74.4 Å². The van der Waals surface area contributed by atoms with Gasteiger partial charge in [-0.2, -0.15) is 0 Å². The molecular weight excluding hydrogens is 638 g/mol. The zero-order valence-electron chi connectivity index (χ0n) is 30.6. The Bertz CT molecular complexity index is 1220. The smallest absolute Gasteiger partial charge is 0.325 e. The monoisotopic (exact) mass is 693 g/mol. The quantitative estimate of drug-likeness (QED) is 0.116. The Labute approximate surface area is 289 Å². The van der Waals surface area contributed by atoms with E-state index in [2.05, 4.69) is 0 Å². The lowest BCUT2D eigenvalue weighted by Gasteiger charge is -2.34. The average Bonchev–Trinajstić information content (AvgIpc) is 2.91. The van der Waals surface area contributed by atoms with Gasteiger partial charge in [-0.25, -0.2) is 0 Å². The maximum absolute atomic E-state index is 13.0. The molecule has 1 fully saturated rings. The lowest BCUT2D eigenvalue weighted by Crippen LogP contribution is -2.50. The number of nitro benzene ring substituents is 1. The Balaban J connectivity index is 2.29. The summed E-state index contributed by atoms with van der Waals surface area (Å²) in [5.74, 6) is -1.57. The molecule has 15 heteroatoms. The number of non-ortho nitro benzene ring substituents is 1. The molecule has 0 aromatic heterocycles. The largest absolute Gasteiger partial charge is 0.459 e. The van der Waals surface area contributed by atoms with E-state index in [0.29, 0.717) is 52.4 Å². The third-order valence-corrected chi connectivity index (χ3v) is 6.88. The highest BCUT2D eigenvalue weighted by Gasteiger charge is 2.26. The van der Waals surface area contributed by atoms with Gasteiger partial charge >= 0.3 is 23.9 Å². The molecule has 0 aliphatic carbocycles. The van der Waals surface area contributed by atoms with Crippen LogP contribution in [0.15, 0.2) is 24.3 Å². The van der Waals surface area contributed by atoms with Gasteiger partial charge in [0.05, 0.1) is 31.1 Å². The highest BCUT2D eigenvalue weighted by molar-refractivity contribution is 5.75. The number of ether oxygens (including phenoxy) is 4. The van der Waals surface area contributed by atoms with Gasteiger partial charge in [0.1, 0.15) is 22.6 Å². The molecule has 2 rings (SSSR count). The Morgan fingerprint density at radius 3 is 1.06 bits per heavy atom. The van der Waals surface area contributed by atoms with Crippen molar-refractivity contribution in [2.75, 3.05) is 78.5 Å². The van der Waals surface area contributed by atoms with Crippen molar-refractivity contribution in [1.82, 2.24) is 19.6 Å². The van der Waals surface area contributed by atoms with E-state index in [1.807, 2.05) is 19.6 Å². The Kier molecular flexibility index (Phi) is 15.6. The van der Waals surface area contributed by atoms with Crippen LogP contribution in [0.1, 0.15) is 62.3 Å². The van der Waals surface area contributed by atoms with Crippen LogP contribution in [0, 0.1) is 10.1 Å². The second-order valence-electron chi connectivity index (χ2n) is 15.1. The predicted molar refractivity (Wildman–Crippen MR) is 182 cm³/mol. The molecule has 0 radical (unpaired) electrons. The number of benzene rings is 1. The van der Waals surface area contributed by atoms with Crippen molar-refractivity contribution in [3.05, 3.63) is 34.4 Å². The molecule has 0 amide bonds. The fourth-order valence-corrected chi connectivity index (χ4v) is 4.86. The van der Waals surface area contributed by atoms with E-state index < -0.39 is 39.6 Å². The highest BCUT2D eigenvalue weighted by Crippen LogP contribution is 2.18. The second kappa shape index (κ2) is 18.4. The molecule has 1 saturated heterocycles. The van der Waals surface area contributed by atoms with Crippen LogP contribution in [0.2, 0.25) is 0 Å². The van der Waals surface area contributed by atoms with Gasteiger partial charge in [0, 0.05) is 64.5 Å². The summed E-state index contributed by atoms with van der Waals surface area (Å²) in [5.41, 5.74) is -2.12. The minimum absolute atomic E-state index is 0.00337. The van der Waals surface area contributed by atoms with Crippen molar-refractivity contribution < 1.29 is 43.0 Å². The second-order valence-corrected chi connectivity index (χ2v) is 15.1. The van der Waals surface area contributed by atoms with E-state index in [-0.39, 0.29) is 43.6 Å². The zero-order chi connectivity index (χ0) is 37.0. The van der Waals surface area contributed by atoms with Crippen molar-refractivity contribution in [1.29, 1.82) is 0 Å². The molecule has 0 atom stereocenters. The van der Waals surface area contributed by atoms with E-state index in [9.17, 15) is 29.3 Å².